The predicted octanol–water partition coefficient (Wildman–Crippen LogP) is 19.1. The number of esters is 1. The molecule has 0 fully saturated rings. The molecular formula is C81H82Cl4N18O4S4. The van der Waals surface area contributed by atoms with Crippen molar-refractivity contribution in [3.05, 3.63) is 239 Å². The van der Waals surface area contributed by atoms with Gasteiger partial charge in [-0.3, -0.25) is 32.7 Å². The van der Waals surface area contributed by atoms with Crippen LogP contribution < -0.4 is 20.0 Å². The molecule has 0 unspecified atom stereocenters. The van der Waals surface area contributed by atoms with Gasteiger partial charge >= 0.3 is 5.97 Å². The van der Waals surface area contributed by atoms with Crippen LogP contribution in [0, 0.1) is 83.1 Å². The Bertz CT molecular complexity index is 5750. The largest absolute Gasteiger partial charge is 0.459 e. The third kappa shape index (κ3) is 16.0. The Kier molecular flexibility index (Phi) is 23.0. The Morgan fingerprint density at radius 1 is 0.414 bits per heavy atom. The van der Waals surface area contributed by atoms with Crippen LogP contribution in [0.3, 0.4) is 0 Å². The summed E-state index contributed by atoms with van der Waals surface area (Å²) in [7, 11) is 1.94. The number of benzene rings is 4. The standard InChI is InChI=1S/C23H25ClN4O2S.C21H22ClN5OS.C19H18ClN5OS.C18H17ClN4S/c1-13-11-25-22-27(12-18(29)30-23(4,5)6)26-20(16-7-9-17(24)10-8-16)19-14(2)15(3)31-21(19)28(13)22;1-5-6-17(28)11-26-21-24-23-14(4)27(21)20-18(12(2)13(3)29-20)19(25-26)15-7-9-16(22)10-8-15;1-10(26)9-24-19-22-21-13(4)25(19)18-16(11(2)12(3)27-18)17(23-24)14-5-7-15(20)8-6-14;1-10-9-20-18-22(4)21-16(13-5-7-14(19)8-6-13)15-11(2)12(3)24-17(15)23(10)18/h7-11H,12H2,1-6H3;7-10H,5-6,11H2,1-4H3;5-8H,9H2,1-4H3;5-9H,1-4H3. The summed E-state index contributed by atoms with van der Waals surface area (Å²) >= 11 is 31.2. The average Bonchev–Trinajstić information content (AvgIpc) is 1.62. The zero-order chi connectivity index (χ0) is 79.5. The molecule has 0 N–H and O–H groups in total. The molecule has 0 aliphatic carbocycles. The second-order valence-corrected chi connectivity index (χ2v) is 34.8. The topological polar surface area (TPSA) is 220 Å². The summed E-state index contributed by atoms with van der Waals surface area (Å²) in [4.78, 5) is 51.1. The fraction of sp³-hybridized carbons (Fsp3) is 0.296. The van der Waals surface area contributed by atoms with E-state index in [1.54, 1.807) is 73.5 Å². The monoisotopic (exact) mass is 1640 g/mol. The number of rotatable bonds is 12. The van der Waals surface area contributed by atoms with E-state index in [2.05, 4.69) is 102 Å². The number of carbonyl (C=O) groups is 3. The summed E-state index contributed by atoms with van der Waals surface area (Å²) in [5.74, 6) is 3.83. The number of hydrogen-bond acceptors (Lipinski definition) is 22. The SMILES string of the molecule is CC(=O)CN1N=C(c2ccc(Cl)cc2)c2c(sc(C)c2C)-n2c(C)nnc21.CCCC(=O)CN1N=C(c2ccc(Cl)cc2)c2c(sc(C)c2C)-n2c(C)nnc21.Cc1sc2c(c1C)C(c1ccc(Cl)cc1)=NN(C)c1ncc(C)n1-2.Cc1sc2c(c1C)C(c1ccc(Cl)cc1)=NN(CC(=O)OC(C)(C)C)c1ncc(C)n1-2. The van der Waals surface area contributed by atoms with Crippen LogP contribution in [-0.2, 0) is 19.1 Å². The van der Waals surface area contributed by atoms with E-state index in [-0.39, 0.29) is 37.2 Å². The van der Waals surface area contributed by atoms with Crippen LogP contribution in [0.2, 0.25) is 20.1 Å². The van der Waals surface area contributed by atoms with Gasteiger partial charge in [-0.05, 0) is 188 Å². The molecule has 12 heterocycles. The van der Waals surface area contributed by atoms with Gasteiger partial charge in [-0.1, -0.05) is 102 Å². The van der Waals surface area contributed by atoms with E-state index in [9.17, 15) is 14.4 Å². The minimum atomic E-state index is -0.580. The van der Waals surface area contributed by atoms with Crippen molar-refractivity contribution in [1.82, 2.24) is 48.6 Å². The van der Waals surface area contributed by atoms with Crippen LogP contribution >= 0.6 is 91.8 Å². The zero-order valence-corrected chi connectivity index (χ0v) is 71.0. The minimum absolute atomic E-state index is 0.000402. The lowest BCUT2D eigenvalue weighted by atomic mass is 10.00. The van der Waals surface area contributed by atoms with E-state index in [1.807, 2.05) is 173 Å². The van der Waals surface area contributed by atoms with Crippen LogP contribution in [0.4, 0.5) is 23.8 Å². The number of aromatic nitrogens is 10. The third-order valence-corrected chi connectivity index (χ3v) is 24.7. The summed E-state index contributed by atoms with van der Waals surface area (Å²) in [6.45, 7) is 34.2. The van der Waals surface area contributed by atoms with Gasteiger partial charge in [0.05, 0.1) is 12.4 Å². The number of nitrogens with zero attached hydrogens (tertiary/aromatic N) is 18. The smallest absolute Gasteiger partial charge is 0.328 e. The number of halogens is 4. The van der Waals surface area contributed by atoms with Crippen LogP contribution in [0.25, 0.3) is 20.0 Å². The molecule has 16 rings (SSSR count). The average molecular weight is 1640 g/mol. The highest BCUT2D eigenvalue weighted by molar-refractivity contribution is 7.16. The summed E-state index contributed by atoms with van der Waals surface area (Å²) in [6.07, 6.45) is 5.00. The lowest BCUT2D eigenvalue weighted by Gasteiger charge is -2.23. The number of hydrogen-bond donors (Lipinski definition) is 0. The maximum atomic E-state index is 12.7. The second kappa shape index (κ2) is 32.1. The van der Waals surface area contributed by atoms with Crippen LogP contribution in [-0.4, -0.2) is 121 Å². The number of hydrazone groups is 4. The van der Waals surface area contributed by atoms with Crippen LogP contribution in [0.15, 0.2) is 130 Å². The fourth-order valence-corrected chi connectivity index (χ4v) is 18.5. The maximum Gasteiger partial charge on any atom is 0.328 e. The van der Waals surface area contributed by atoms with Gasteiger partial charge in [0.1, 0.15) is 79.7 Å². The number of fused-ring (bicyclic) bond motifs is 12. The van der Waals surface area contributed by atoms with Crippen molar-refractivity contribution >= 4 is 156 Å². The highest BCUT2D eigenvalue weighted by Crippen LogP contribution is 2.44. The highest BCUT2D eigenvalue weighted by atomic mass is 35.5. The Labute approximate surface area is 680 Å². The summed E-state index contributed by atoms with van der Waals surface area (Å²) < 4.78 is 13.8. The number of aryl methyl sites for hydroxylation is 8. The Hall–Kier alpha value is -9.77. The van der Waals surface area contributed by atoms with Gasteiger partial charge in [0.2, 0.25) is 11.9 Å². The van der Waals surface area contributed by atoms with Crippen molar-refractivity contribution in [2.24, 2.45) is 20.4 Å². The first-order chi connectivity index (χ1) is 52.8. The van der Waals surface area contributed by atoms with Gasteiger partial charge in [-0.25, -0.2) is 30.0 Å². The van der Waals surface area contributed by atoms with E-state index in [0.29, 0.717) is 39.3 Å². The maximum absolute atomic E-state index is 12.7. The van der Waals surface area contributed by atoms with E-state index >= 15 is 0 Å². The van der Waals surface area contributed by atoms with Crippen molar-refractivity contribution in [2.75, 3.05) is 46.7 Å². The molecule has 30 heteroatoms. The number of thiophene rings is 4. The molecule has 4 aromatic carbocycles. The Morgan fingerprint density at radius 2 is 0.730 bits per heavy atom. The molecule has 12 aromatic rings. The van der Waals surface area contributed by atoms with Crippen molar-refractivity contribution in [3.8, 4) is 20.0 Å². The first-order valence-electron chi connectivity index (χ1n) is 35.8. The number of imidazole rings is 2. The predicted molar refractivity (Wildman–Crippen MR) is 453 cm³/mol. The second-order valence-electron chi connectivity index (χ2n) is 28.3. The first kappa shape index (κ1) is 79.3. The molecule has 0 spiro atoms. The van der Waals surface area contributed by atoms with Gasteiger partial charge in [-0.15, -0.1) is 65.7 Å². The first-order valence-corrected chi connectivity index (χ1v) is 40.6. The molecule has 0 bridgehead atoms. The van der Waals surface area contributed by atoms with Gasteiger partial charge in [0.25, 0.3) is 11.9 Å². The van der Waals surface area contributed by atoms with Gasteiger partial charge < -0.3 is 4.74 Å². The molecular weight excluding hydrogens is 1560 g/mol. The normalized spacial score (nSPS) is 13.2. The molecule has 0 saturated heterocycles. The van der Waals surface area contributed by atoms with Crippen LogP contribution in [0.5, 0.6) is 0 Å². The van der Waals surface area contributed by atoms with E-state index < -0.39 is 5.60 Å². The van der Waals surface area contributed by atoms with Gasteiger partial charge in [0, 0.05) is 109 Å². The highest BCUT2D eigenvalue weighted by Gasteiger charge is 2.36. The number of ether oxygens (including phenoxy) is 1. The molecule has 0 amide bonds. The molecule has 0 atom stereocenters. The van der Waals surface area contributed by atoms with Crippen molar-refractivity contribution in [3.63, 3.8) is 0 Å². The van der Waals surface area contributed by atoms with Gasteiger partial charge in [0.15, 0.2) is 11.6 Å². The van der Waals surface area contributed by atoms with Crippen molar-refractivity contribution < 1.29 is 19.1 Å². The molecule has 572 valence electrons. The van der Waals surface area contributed by atoms with Crippen molar-refractivity contribution in [2.45, 2.75) is 136 Å². The molecule has 8 aromatic heterocycles. The van der Waals surface area contributed by atoms with E-state index in [0.717, 1.165) is 128 Å². The summed E-state index contributed by atoms with van der Waals surface area (Å²) in [5.41, 5.74) is 17.7. The number of carbonyl (C=O) groups excluding carboxylic acids is 3. The number of Topliss-reactive ketones (excluding diaryl/α,β-unsaturated/α-hetero) is 2. The summed E-state index contributed by atoms with van der Waals surface area (Å²) in [6, 6.07) is 30.7. The lowest BCUT2D eigenvalue weighted by Crippen LogP contribution is -2.33. The molecule has 22 nitrogen and oxygen atoms in total. The van der Waals surface area contributed by atoms with E-state index in [1.165, 1.54) is 41.2 Å². The minimum Gasteiger partial charge on any atom is -0.459 e. The number of anilines is 4. The van der Waals surface area contributed by atoms with E-state index in [4.69, 9.17) is 71.5 Å². The summed E-state index contributed by atoms with van der Waals surface area (Å²) in [5, 5.41) is 50.5. The Balaban J connectivity index is 0.000000130. The Morgan fingerprint density at radius 3 is 1.07 bits per heavy atom. The fourth-order valence-electron chi connectivity index (χ4n) is 13.1. The molecule has 0 radical (unpaired) electrons. The molecule has 111 heavy (non-hydrogen) atoms. The zero-order valence-electron chi connectivity index (χ0n) is 64.8. The lowest BCUT2D eigenvalue weighted by molar-refractivity contribution is -0.153. The van der Waals surface area contributed by atoms with Crippen LogP contribution in [0.1, 0.15) is 157 Å². The number of ketones is 2. The molecule has 0 saturated carbocycles. The molecule has 4 aliphatic heterocycles. The van der Waals surface area contributed by atoms with Crippen molar-refractivity contribution in [1.29, 1.82) is 0 Å². The quantitative estimate of drug-likeness (QED) is 0.104. The van der Waals surface area contributed by atoms with Gasteiger partial charge in [-0.2, -0.15) is 20.4 Å². The molecule has 4 aliphatic rings. The third-order valence-electron chi connectivity index (χ3n) is 19.0.